The van der Waals surface area contributed by atoms with Gasteiger partial charge in [0, 0.05) is 12.1 Å². The fraction of sp³-hybridized carbons (Fsp3) is 0.880. The number of rotatable bonds is 5. The number of hydrogen-bond donors (Lipinski definition) is 0. The fourth-order valence-corrected chi connectivity index (χ4v) is 5.52. The maximum absolute atomic E-state index is 13.3. The third kappa shape index (κ3) is 4.71. The largest absolute Gasteiger partial charge is 0.506 e. The topological polar surface area (TPSA) is 48.0 Å². The zero-order valence-corrected chi connectivity index (χ0v) is 21.5. The number of ether oxygens (including phenoxy) is 1. The van der Waals surface area contributed by atoms with Gasteiger partial charge in [-0.15, -0.1) is 0 Å². The molecule has 1 aliphatic heterocycles. The molecule has 3 rings (SSSR count). The summed E-state index contributed by atoms with van der Waals surface area (Å²) >= 11 is 0. The number of amides is 1. The van der Waals surface area contributed by atoms with Gasteiger partial charge in [-0.25, -0.2) is 4.79 Å². The molecular weight excluding hydrogens is 389 g/mol. The maximum Gasteiger partial charge on any atom is 0.506 e. The number of carbonyl (C=O) groups excluding carboxylic acids is 1. The van der Waals surface area contributed by atoms with Crippen molar-refractivity contribution in [1.82, 2.24) is 4.90 Å². The van der Waals surface area contributed by atoms with Gasteiger partial charge in [0.05, 0.1) is 11.2 Å². The molecule has 176 valence electrons. The van der Waals surface area contributed by atoms with Crippen LogP contribution in [0.2, 0.25) is 0 Å². The summed E-state index contributed by atoms with van der Waals surface area (Å²) in [4.78, 5) is 15.1. The van der Waals surface area contributed by atoms with Crippen LogP contribution in [-0.4, -0.2) is 47.4 Å². The third-order valence-electron chi connectivity index (χ3n) is 8.32. The normalized spacial score (nSPS) is 29.7. The van der Waals surface area contributed by atoms with Crippen LogP contribution in [0.3, 0.4) is 0 Å². The molecule has 5 nitrogen and oxygen atoms in total. The summed E-state index contributed by atoms with van der Waals surface area (Å²) in [6.07, 6.45) is 6.56. The van der Waals surface area contributed by atoms with Crippen molar-refractivity contribution in [3.05, 3.63) is 11.6 Å². The first-order valence-corrected chi connectivity index (χ1v) is 12.2. The number of carbonyl (C=O) groups is 1. The Hall–Kier alpha value is -1.01. The van der Waals surface area contributed by atoms with Crippen LogP contribution in [0.5, 0.6) is 0 Å². The molecule has 3 aliphatic rings. The standard InChI is InChI=1S/C25H44BNO4/c1-16(2)27(17(3)4)22(28)29-21(26-30-24(7,8)25(9,10)31-26)20-12-11-19-15-18(20)13-14-23(19,5)6/h12,16-19,21H,11,13-15H2,1-10H3/t18-,19-,21+/m1/s1. The van der Waals surface area contributed by atoms with Crippen molar-refractivity contribution in [3.63, 3.8) is 0 Å². The van der Waals surface area contributed by atoms with Crippen LogP contribution in [0, 0.1) is 17.3 Å². The van der Waals surface area contributed by atoms with Crippen molar-refractivity contribution in [3.8, 4) is 0 Å². The zero-order chi connectivity index (χ0) is 23.4. The molecule has 2 bridgehead atoms. The summed E-state index contributed by atoms with van der Waals surface area (Å²) in [7, 11) is -0.590. The molecule has 6 heteroatoms. The lowest BCUT2D eigenvalue weighted by Gasteiger charge is -2.47. The van der Waals surface area contributed by atoms with Gasteiger partial charge < -0.3 is 18.9 Å². The van der Waals surface area contributed by atoms with Crippen molar-refractivity contribution >= 4 is 13.2 Å². The molecule has 1 saturated carbocycles. The van der Waals surface area contributed by atoms with E-state index in [-0.39, 0.29) is 18.2 Å². The highest BCUT2D eigenvalue weighted by Gasteiger charge is 2.57. The second-order valence-electron chi connectivity index (χ2n) is 12.1. The molecule has 0 aromatic rings. The summed E-state index contributed by atoms with van der Waals surface area (Å²) in [5.41, 5.74) is 0.641. The lowest BCUT2D eigenvalue weighted by molar-refractivity contribution is 0.00578. The number of hydrogen-bond acceptors (Lipinski definition) is 4. The van der Waals surface area contributed by atoms with Crippen molar-refractivity contribution in [1.29, 1.82) is 0 Å². The summed E-state index contributed by atoms with van der Waals surface area (Å²) < 4.78 is 19.1. The minimum absolute atomic E-state index is 0.0617. The van der Waals surface area contributed by atoms with Crippen molar-refractivity contribution in [2.24, 2.45) is 17.3 Å². The maximum atomic E-state index is 13.3. The van der Waals surface area contributed by atoms with Gasteiger partial charge in [0.2, 0.25) is 0 Å². The van der Waals surface area contributed by atoms with E-state index in [2.05, 4.69) is 47.6 Å². The Morgan fingerprint density at radius 3 is 2.13 bits per heavy atom. The second-order valence-corrected chi connectivity index (χ2v) is 12.1. The molecule has 2 aliphatic carbocycles. The van der Waals surface area contributed by atoms with Crippen LogP contribution >= 0.6 is 0 Å². The van der Waals surface area contributed by atoms with E-state index in [0.717, 1.165) is 19.3 Å². The number of nitrogens with zero attached hydrogens (tertiary/aromatic N) is 1. The highest BCUT2D eigenvalue weighted by atomic mass is 16.7. The fourth-order valence-electron chi connectivity index (χ4n) is 5.52. The molecule has 0 unspecified atom stereocenters. The Morgan fingerprint density at radius 1 is 1.06 bits per heavy atom. The van der Waals surface area contributed by atoms with Gasteiger partial charge >= 0.3 is 13.2 Å². The molecule has 0 aromatic carbocycles. The Morgan fingerprint density at radius 2 is 1.61 bits per heavy atom. The summed E-state index contributed by atoms with van der Waals surface area (Å²) in [5.74, 6) is 1.11. The SMILES string of the molecule is CC(C)N(C(=O)O[C@H](B1OC(C)(C)C(C)(C)O1)C1=CC[C@@H]2C[C@H]1CCC2(C)C)C(C)C. The minimum Gasteiger partial charge on any atom is -0.444 e. The number of fused-ring (bicyclic) bond motifs is 2. The van der Waals surface area contributed by atoms with E-state index in [1.165, 1.54) is 12.0 Å². The van der Waals surface area contributed by atoms with Gasteiger partial charge in [0.25, 0.3) is 0 Å². The van der Waals surface area contributed by atoms with Gasteiger partial charge in [0.15, 0.2) is 6.00 Å². The van der Waals surface area contributed by atoms with Crippen LogP contribution < -0.4 is 0 Å². The summed E-state index contributed by atoms with van der Waals surface area (Å²) in [6.45, 7) is 21.1. The molecule has 0 radical (unpaired) electrons. The molecular formula is C25H44BNO4. The van der Waals surface area contributed by atoms with Crippen LogP contribution in [0.1, 0.15) is 94.9 Å². The molecule has 1 saturated heterocycles. The van der Waals surface area contributed by atoms with E-state index in [1.54, 1.807) is 4.90 Å². The Bertz CT molecular complexity index is 688. The van der Waals surface area contributed by atoms with E-state index in [4.69, 9.17) is 14.0 Å². The van der Waals surface area contributed by atoms with Crippen molar-refractivity contribution < 1.29 is 18.8 Å². The van der Waals surface area contributed by atoms with Crippen molar-refractivity contribution in [2.45, 2.75) is 124 Å². The van der Waals surface area contributed by atoms with Gasteiger partial charge in [-0.1, -0.05) is 19.9 Å². The molecule has 0 N–H and O–H groups in total. The summed E-state index contributed by atoms with van der Waals surface area (Å²) in [5, 5.41) is 0. The van der Waals surface area contributed by atoms with E-state index < -0.39 is 24.3 Å². The van der Waals surface area contributed by atoms with Crippen molar-refractivity contribution in [2.75, 3.05) is 0 Å². The van der Waals surface area contributed by atoms with E-state index >= 15 is 0 Å². The first-order chi connectivity index (χ1) is 14.2. The number of allylic oxidation sites excluding steroid dienone is 1. The lowest BCUT2D eigenvalue weighted by Crippen LogP contribution is -2.49. The van der Waals surface area contributed by atoms with Crippen LogP contribution in [-0.2, 0) is 14.0 Å². The van der Waals surface area contributed by atoms with Gasteiger partial charge in [-0.3, -0.25) is 0 Å². The quantitative estimate of drug-likeness (QED) is 0.393. The molecule has 31 heavy (non-hydrogen) atoms. The Labute approximate surface area is 190 Å². The molecule has 2 fully saturated rings. The zero-order valence-electron chi connectivity index (χ0n) is 21.5. The minimum atomic E-state index is -0.590. The Balaban J connectivity index is 1.92. The lowest BCUT2D eigenvalue weighted by atomic mass is 9.57. The van der Waals surface area contributed by atoms with Crippen LogP contribution in [0.4, 0.5) is 4.79 Å². The predicted octanol–water partition coefficient (Wildman–Crippen LogP) is 6.01. The molecule has 0 aromatic heterocycles. The monoisotopic (exact) mass is 433 g/mol. The second kappa shape index (κ2) is 8.41. The smallest absolute Gasteiger partial charge is 0.444 e. The van der Waals surface area contributed by atoms with Gasteiger partial charge in [-0.2, -0.15) is 0 Å². The van der Waals surface area contributed by atoms with Crippen LogP contribution in [0.25, 0.3) is 0 Å². The highest BCUT2D eigenvalue weighted by Crippen LogP contribution is 2.51. The molecule has 0 spiro atoms. The van der Waals surface area contributed by atoms with Crippen LogP contribution in [0.15, 0.2) is 11.6 Å². The predicted molar refractivity (Wildman–Crippen MR) is 126 cm³/mol. The van der Waals surface area contributed by atoms with Gasteiger partial charge in [-0.05, 0) is 104 Å². The first-order valence-electron chi connectivity index (χ1n) is 12.2. The first kappa shape index (κ1) is 24.6. The van der Waals surface area contributed by atoms with Gasteiger partial charge in [0.1, 0.15) is 0 Å². The highest BCUT2D eigenvalue weighted by molar-refractivity contribution is 6.48. The van der Waals surface area contributed by atoms with E-state index in [9.17, 15) is 4.79 Å². The molecule has 1 heterocycles. The summed E-state index contributed by atoms with van der Waals surface area (Å²) in [6, 6.07) is -0.390. The Kier molecular flexibility index (Phi) is 6.68. The average molecular weight is 433 g/mol. The third-order valence-corrected chi connectivity index (χ3v) is 8.32. The molecule has 3 atom stereocenters. The average Bonchev–Trinajstić information content (AvgIpc) is 2.83. The molecule has 1 amide bonds. The van der Waals surface area contributed by atoms with E-state index in [1.807, 2.05) is 27.7 Å². The van der Waals surface area contributed by atoms with E-state index in [0.29, 0.717) is 17.3 Å².